The molecule has 4 nitrogen and oxygen atoms in total. The number of ether oxygens (including phenoxy) is 2. The van der Waals surface area contributed by atoms with E-state index in [1.165, 1.54) is 11.8 Å². The van der Waals surface area contributed by atoms with E-state index in [2.05, 4.69) is 5.32 Å². The third-order valence-electron chi connectivity index (χ3n) is 2.69. The van der Waals surface area contributed by atoms with Crippen molar-refractivity contribution in [2.24, 2.45) is 0 Å². The smallest absolute Gasteiger partial charge is 0.234 e. The molecule has 20 heavy (non-hydrogen) atoms. The summed E-state index contributed by atoms with van der Waals surface area (Å²) < 4.78 is 11.0. The molecule has 2 aromatic rings. The van der Waals surface area contributed by atoms with Gasteiger partial charge in [0.1, 0.15) is 13.2 Å². The first kappa shape index (κ1) is 13.3. The summed E-state index contributed by atoms with van der Waals surface area (Å²) in [6.45, 7) is 1.16. The van der Waals surface area contributed by atoms with Gasteiger partial charge in [-0.2, -0.15) is 11.3 Å². The molecule has 3 rings (SSSR count). The number of hydrogen-bond donors (Lipinski definition) is 1. The monoisotopic (exact) mass is 307 g/mol. The molecule has 1 aromatic heterocycles. The van der Waals surface area contributed by atoms with Crippen molar-refractivity contribution in [1.29, 1.82) is 0 Å². The molecule has 0 radical (unpaired) electrons. The van der Waals surface area contributed by atoms with Crippen molar-refractivity contribution >= 4 is 34.7 Å². The second-order valence-corrected chi connectivity index (χ2v) is 5.98. The van der Waals surface area contributed by atoms with Gasteiger partial charge in [0.05, 0.1) is 11.4 Å². The Balaban J connectivity index is 1.56. The molecule has 0 atom stereocenters. The van der Waals surface area contributed by atoms with E-state index in [9.17, 15) is 4.79 Å². The number of thioether (sulfide) groups is 1. The highest BCUT2D eigenvalue weighted by Crippen LogP contribution is 2.34. The van der Waals surface area contributed by atoms with Gasteiger partial charge in [-0.15, -0.1) is 11.8 Å². The molecule has 1 aliphatic rings. The second-order valence-electron chi connectivity index (χ2n) is 4.15. The Morgan fingerprint density at radius 2 is 2.10 bits per heavy atom. The third kappa shape index (κ3) is 3.26. The average molecular weight is 307 g/mol. The fraction of sp³-hybridized carbons (Fsp3) is 0.214. The van der Waals surface area contributed by atoms with Crippen LogP contribution in [0.3, 0.4) is 0 Å². The SMILES string of the molecule is O=C(CSc1ccc2c(c1)OCCO2)Nc1ccsc1. The summed E-state index contributed by atoms with van der Waals surface area (Å²) in [5, 5.41) is 6.69. The van der Waals surface area contributed by atoms with Crippen LogP contribution in [0.4, 0.5) is 5.69 Å². The fourth-order valence-electron chi connectivity index (χ4n) is 1.80. The molecule has 1 aliphatic heterocycles. The molecule has 0 saturated carbocycles. The van der Waals surface area contributed by atoms with Crippen molar-refractivity contribution in [1.82, 2.24) is 0 Å². The molecule has 6 heteroatoms. The third-order valence-corrected chi connectivity index (χ3v) is 4.37. The van der Waals surface area contributed by atoms with E-state index in [0.29, 0.717) is 19.0 Å². The van der Waals surface area contributed by atoms with Crippen molar-refractivity contribution in [3.8, 4) is 11.5 Å². The average Bonchev–Trinajstić information content (AvgIpc) is 2.98. The fourth-order valence-corrected chi connectivity index (χ4v) is 3.11. The first-order valence-corrected chi connectivity index (χ1v) is 8.08. The zero-order chi connectivity index (χ0) is 13.8. The maximum absolute atomic E-state index is 11.8. The van der Waals surface area contributed by atoms with Gasteiger partial charge in [-0.05, 0) is 29.6 Å². The highest BCUT2D eigenvalue weighted by Gasteiger charge is 2.12. The van der Waals surface area contributed by atoms with Crippen molar-refractivity contribution in [2.75, 3.05) is 24.3 Å². The van der Waals surface area contributed by atoms with Gasteiger partial charge in [0.15, 0.2) is 11.5 Å². The summed E-state index contributed by atoms with van der Waals surface area (Å²) in [5.41, 5.74) is 0.850. The Hall–Kier alpha value is -1.66. The molecule has 1 aromatic carbocycles. The molecule has 2 heterocycles. The van der Waals surface area contributed by atoms with Crippen LogP contribution in [0, 0.1) is 0 Å². The second kappa shape index (κ2) is 6.19. The number of rotatable bonds is 4. The summed E-state index contributed by atoms with van der Waals surface area (Å²) >= 11 is 3.04. The standard InChI is InChI=1S/C14H13NO3S2/c16-14(15-10-3-6-19-8-10)9-20-11-1-2-12-13(7-11)18-5-4-17-12/h1-3,6-8H,4-5,9H2,(H,15,16). The largest absolute Gasteiger partial charge is 0.486 e. The van der Waals surface area contributed by atoms with Crippen LogP contribution in [0.25, 0.3) is 0 Å². The molecule has 0 bridgehead atoms. The molecular formula is C14H13NO3S2. The van der Waals surface area contributed by atoms with E-state index in [1.807, 2.05) is 35.0 Å². The van der Waals surface area contributed by atoms with Gasteiger partial charge in [0.25, 0.3) is 0 Å². The van der Waals surface area contributed by atoms with Gasteiger partial charge in [0.2, 0.25) is 5.91 Å². The number of fused-ring (bicyclic) bond motifs is 1. The number of benzene rings is 1. The van der Waals surface area contributed by atoms with Crippen LogP contribution in [-0.2, 0) is 4.79 Å². The highest BCUT2D eigenvalue weighted by atomic mass is 32.2. The zero-order valence-corrected chi connectivity index (χ0v) is 12.3. The van der Waals surface area contributed by atoms with Crippen LogP contribution in [-0.4, -0.2) is 24.9 Å². The van der Waals surface area contributed by atoms with Crippen molar-refractivity contribution < 1.29 is 14.3 Å². The van der Waals surface area contributed by atoms with Gasteiger partial charge >= 0.3 is 0 Å². The Morgan fingerprint density at radius 1 is 1.25 bits per heavy atom. The normalized spacial score (nSPS) is 13.0. The minimum absolute atomic E-state index is 0.0108. The molecular weight excluding hydrogens is 294 g/mol. The van der Waals surface area contributed by atoms with Crippen LogP contribution in [0.1, 0.15) is 0 Å². The Morgan fingerprint density at radius 3 is 2.90 bits per heavy atom. The van der Waals surface area contributed by atoms with E-state index in [0.717, 1.165) is 22.1 Å². The maximum atomic E-state index is 11.8. The van der Waals surface area contributed by atoms with E-state index in [-0.39, 0.29) is 5.91 Å². The lowest BCUT2D eigenvalue weighted by Gasteiger charge is -2.18. The van der Waals surface area contributed by atoms with Crippen LogP contribution >= 0.6 is 23.1 Å². The van der Waals surface area contributed by atoms with Gasteiger partial charge in [0, 0.05) is 10.3 Å². The molecule has 0 unspecified atom stereocenters. The zero-order valence-electron chi connectivity index (χ0n) is 10.6. The predicted octanol–water partition coefficient (Wildman–Crippen LogP) is 3.25. The number of carbonyl (C=O) groups excluding carboxylic acids is 1. The highest BCUT2D eigenvalue weighted by molar-refractivity contribution is 8.00. The minimum atomic E-state index is -0.0108. The lowest BCUT2D eigenvalue weighted by molar-refractivity contribution is -0.113. The predicted molar refractivity (Wildman–Crippen MR) is 81.1 cm³/mol. The van der Waals surface area contributed by atoms with E-state index >= 15 is 0 Å². The maximum Gasteiger partial charge on any atom is 0.234 e. The van der Waals surface area contributed by atoms with Crippen molar-refractivity contribution in [2.45, 2.75) is 4.90 Å². The number of anilines is 1. The van der Waals surface area contributed by atoms with Gasteiger partial charge in [-0.3, -0.25) is 4.79 Å². The van der Waals surface area contributed by atoms with Crippen LogP contribution in [0.5, 0.6) is 11.5 Å². The molecule has 104 valence electrons. The Kier molecular flexibility index (Phi) is 4.13. The van der Waals surface area contributed by atoms with Gasteiger partial charge in [-0.1, -0.05) is 0 Å². The summed E-state index contributed by atoms with van der Waals surface area (Å²) in [6.07, 6.45) is 0. The lowest BCUT2D eigenvalue weighted by atomic mass is 10.3. The molecule has 0 saturated heterocycles. The summed E-state index contributed by atoms with van der Waals surface area (Å²) in [4.78, 5) is 12.8. The number of nitrogens with one attached hydrogen (secondary N) is 1. The Bertz CT molecular complexity index is 598. The number of amides is 1. The van der Waals surface area contributed by atoms with Gasteiger partial charge in [-0.25, -0.2) is 0 Å². The van der Waals surface area contributed by atoms with Crippen LogP contribution in [0.2, 0.25) is 0 Å². The minimum Gasteiger partial charge on any atom is -0.486 e. The van der Waals surface area contributed by atoms with Crippen molar-refractivity contribution in [3.05, 3.63) is 35.0 Å². The van der Waals surface area contributed by atoms with Crippen LogP contribution < -0.4 is 14.8 Å². The quantitative estimate of drug-likeness (QED) is 0.881. The molecule has 0 fully saturated rings. The summed E-state index contributed by atoms with van der Waals surface area (Å²) in [6, 6.07) is 7.62. The Labute approximate surface area is 125 Å². The van der Waals surface area contributed by atoms with Crippen LogP contribution in [0.15, 0.2) is 39.9 Å². The molecule has 1 N–H and O–H groups in total. The van der Waals surface area contributed by atoms with E-state index < -0.39 is 0 Å². The van der Waals surface area contributed by atoms with E-state index in [1.54, 1.807) is 11.3 Å². The first-order chi connectivity index (χ1) is 9.81. The summed E-state index contributed by atoms with van der Waals surface area (Å²) in [7, 11) is 0. The van der Waals surface area contributed by atoms with Gasteiger partial charge < -0.3 is 14.8 Å². The number of thiophene rings is 1. The van der Waals surface area contributed by atoms with Crippen molar-refractivity contribution in [3.63, 3.8) is 0 Å². The lowest BCUT2D eigenvalue weighted by Crippen LogP contribution is -2.15. The number of hydrogen-bond acceptors (Lipinski definition) is 5. The molecule has 0 spiro atoms. The molecule has 1 amide bonds. The summed E-state index contributed by atoms with van der Waals surface area (Å²) in [5.74, 6) is 1.88. The topological polar surface area (TPSA) is 47.6 Å². The van der Waals surface area contributed by atoms with E-state index in [4.69, 9.17) is 9.47 Å². The first-order valence-electron chi connectivity index (χ1n) is 6.16. The number of carbonyl (C=O) groups is 1. The molecule has 0 aliphatic carbocycles.